The zero-order valence-corrected chi connectivity index (χ0v) is 9.47. The number of hydrogen-bond donors (Lipinski definition) is 1. The molecule has 2 aromatic rings. The van der Waals surface area contributed by atoms with Crippen molar-refractivity contribution in [3.8, 4) is 0 Å². The Balaban J connectivity index is 1.57. The Labute approximate surface area is 99.3 Å². The van der Waals surface area contributed by atoms with E-state index in [9.17, 15) is 0 Å². The molecule has 0 bridgehead atoms. The first-order valence-corrected chi connectivity index (χ1v) is 5.86. The average molecular weight is 230 g/mol. The van der Waals surface area contributed by atoms with Gasteiger partial charge < -0.3 is 9.84 Å². The first kappa shape index (κ1) is 10.4. The van der Waals surface area contributed by atoms with E-state index in [0.29, 0.717) is 11.9 Å². The van der Waals surface area contributed by atoms with Crippen LogP contribution in [0.2, 0.25) is 0 Å². The molecule has 88 valence electrons. The van der Waals surface area contributed by atoms with Crippen LogP contribution in [0.3, 0.4) is 0 Å². The summed E-state index contributed by atoms with van der Waals surface area (Å²) in [5.41, 5.74) is 2.56. The van der Waals surface area contributed by atoms with Crippen LogP contribution in [0, 0.1) is 0 Å². The first-order valence-electron chi connectivity index (χ1n) is 5.86. The number of rotatable bonds is 4. The van der Waals surface area contributed by atoms with Crippen molar-refractivity contribution in [2.24, 2.45) is 0 Å². The van der Waals surface area contributed by atoms with Crippen LogP contribution in [-0.4, -0.2) is 21.7 Å². The van der Waals surface area contributed by atoms with E-state index in [2.05, 4.69) is 26.5 Å². The standard InChI is InChI=1S/C12H14N4O/c1-2-9-3-4-10(12(9)14-6-1)13-7-5-11-15-8-16-17-11/h1-2,6,8,10,13H,3-5,7H2. The molecule has 1 aliphatic rings. The lowest BCUT2D eigenvalue weighted by Gasteiger charge is -2.11. The summed E-state index contributed by atoms with van der Waals surface area (Å²) in [6.07, 6.45) is 6.29. The smallest absolute Gasteiger partial charge is 0.227 e. The fraction of sp³-hybridized carbons (Fsp3) is 0.417. The third kappa shape index (κ3) is 2.19. The molecule has 5 nitrogen and oxygen atoms in total. The molecule has 1 aliphatic carbocycles. The molecule has 0 fully saturated rings. The number of pyridine rings is 1. The molecule has 3 rings (SSSR count). The summed E-state index contributed by atoms with van der Waals surface area (Å²) < 4.78 is 4.95. The summed E-state index contributed by atoms with van der Waals surface area (Å²) in [4.78, 5) is 8.43. The molecule has 17 heavy (non-hydrogen) atoms. The van der Waals surface area contributed by atoms with Gasteiger partial charge in [0, 0.05) is 19.2 Å². The quantitative estimate of drug-likeness (QED) is 0.857. The van der Waals surface area contributed by atoms with E-state index in [1.165, 1.54) is 17.6 Å². The summed E-state index contributed by atoms with van der Waals surface area (Å²) in [5, 5.41) is 7.07. The van der Waals surface area contributed by atoms with Crippen LogP contribution in [0.5, 0.6) is 0 Å². The number of aromatic nitrogens is 3. The molecule has 0 aromatic carbocycles. The van der Waals surface area contributed by atoms with Gasteiger partial charge in [0.2, 0.25) is 5.89 Å². The van der Waals surface area contributed by atoms with Crippen LogP contribution in [0.4, 0.5) is 0 Å². The van der Waals surface area contributed by atoms with E-state index in [0.717, 1.165) is 25.8 Å². The molecule has 0 saturated heterocycles. The van der Waals surface area contributed by atoms with E-state index in [-0.39, 0.29) is 0 Å². The zero-order chi connectivity index (χ0) is 11.5. The molecule has 0 amide bonds. The minimum absolute atomic E-state index is 0.370. The minimum atomic E-state index is 0.370. The second kappa shape index (κ2) is 4.63. The molecule has 2 aromatic heterocycles. The van der Waals surface area contributed by atoms with Gasteiger partial charge in [-0.05, 0) is 24.5 Å². The van der Waals surface area contributed by atoms with Crippen molar-refractivity contribution in [1.82, 2.24) is 20.4 Å². The van der Waals surface area contributed by atoms with Crippen LogP contribution in [0.25, 0.3) is 0 Å². The second-order valence-corrected chi connectivity index (χ2v) is 4.18. The van der Waals surface area contributed by atoms with Crippen molar-refractivity contribution in [2.75, 3.05) is 6.54 Å². The van der Waals surface area contributed by atoms with Gasteiger partial charge in [0.1, 0.15) is 0 Å². The van der Waals surface area contributed by atoms with E-state index < -0.39 is 0 Å². The Kier molecular flexibility index (Phi) is 2.83. The molecule has 5 heteroatoms. The summed E-state index contributed by atoms with van der Waals surface area (Å²) in [5.74, 6) is 0.678. The normalized spacial score (nSPS) is 18.2. The van der Waals surface area contributed by atoms with Crippen molar-refractivity contribution in [3.05, 3.63) is 41.8 Å². The van der Waals surface area contributed by atoms with Crippen LogP contribution >= 0.6 is 0 Å². The van der Waals surface area contributed by atoms with Crippen LogP contribution in [0.1, 0.15) is 29.6 Å². The van der Waals surface area contributed by atoms with Crippen molar-refractivity contribution >= 4 is 0 Å². The van der Waals surface area contributed by atoms with E-state index >= 15 is 0 Å². The van der Waals surface area contributed by atoms with Crippen LogP contribution < -0.4 is 5.32 Å². The van der Waals surface area contributed by atoms with Gasteiger partial charge >= 0.3 is 0 Å². The maximum absolute atomic E-state index is 4.95. The number of aryl methyl sites for hydroxylation is 1. The Morgan fingerprint density at radius 1 is 1.41 bits per heavy atom. The fourth-order valence-electron chi connectivity index (χ4n) is 2.27. The highest BCUT2D eigenvalue weighted by atomic mass is 16.5. The van der Waals surface area contributed by atoms with Crippen LogP contribution in [0.15, 0.2) is 29.2 Å². The number of nitrogens with zero attached hydrogens (tertiary/aromatic N) is 3. The van der Waals surface area contributed by atoms with Gasteiger partial charge in [0.15, 0.2) is 6.33 Å². The molecule has 0 saturated carbocycles. The van der Waals surface area contributed by atoms with Gasteiger partial charge in [-0.15, -0.1) is 0 Å². The van der Waals surface area contributed by atoms with Gasteiger partial charge in [-0.25, -0.2) is 0 Å². The van der Waals surface area contributed by atoms with Gasteiger partial charge in [-0.2, -0.15) is 4.98 Å². The summed E-state index contributed by atoms with van der Waals surface area (Å²) in [6.45, 7) is 0.836. The largest absolute Gasteiger partial charge is 0.340 e. The fourth-order valence-corrected chi connectivity index (χ4v) is 2.27. The van der Waals surface area contributed by atoms with Crippen LogP contribution in [-0.2, 0) is 12.8 Å². The van der Waals surface area contributed by atoms with E-state index in [1.807, 2.05) is 12.3 Å². The van der Waals surface area contributed by atoms with Crippen molar-refractivity contribution < 1.29 is 4.52 Å². The third-order valence-corrected chi connectivity index (χ3v) is 3.10. The molecule has 0 aliphatic heterocycles. The predicted molar refractivity (Wildman–Crippen MR) is 61.3 cm³/mol. The first-order chi connectivity index (χ1) is 8.43. The van der Waals surface area contributed by atoms with Gasteiger partial charge in [-0.3, -0.25) is 4.98 Å². The van der Waals surface area contributed by atoms with Gasteiger partial charge in [0.25, 0.3) is 0 Å². The van der Waals surface area contributed by atoms with Crippen molar-refractivity contribution in [2.45, 2.75) is 25.3 Å². The molecule has 0 radical (unpaired) electrons. The lowest BCUT2D eigenvalue weighted by Crippen LogP contribution is -2.22. The van der Waals surface area contributed by atoms with E-state index in [1.54, 1.807) is 0 Å². The predicted octanol–water partition coefficient (Wildman–Crippen LogP) is 1.28. The monoisotopic (exact) mass is 230 g/mol. The number of hydrogen-bond acceptors (Lipinski definition) is 5. The van der Waals surface area contributed by atoms with Crippen molar-refractivity contribution in [3.63, 3.8) is 0 Å². The van der Waals surface area contributed by atoms with E-state index in [4.69, 9.17) is 4.52 Å². The van der Waals surface area contributed by atoms with Crippen molar-refractivity contribution in [1.29, 1.82) is 0 Å². The zero-order valence-electron chi connectivity index (χ0n) is 9.47. The Morgan fingerprint density at radius 3 is 3.29 bits per heavy atom. The molecule has 1 N–H and O–H groups in total. The maximum atomic E-state index is 4.95. The Bertz CT molecular complexity index is 483. The molecular weight excluding hydrogens is 216 g/mol. The van der Waals surface area contributed by atoms with Gasteiger partial charge in [0.05, 0.1) is 11.7 Å². The summed E-state index contributed by atoms with van der Waals surface area (Å²) in [6, 6.07) is 4.52. The maximum Gasteiger partial charge on any atom is 0.227 e. The third-order valence-electron chi connectivity index (χ3n) is 3.10. The number of nitrogens with one attached hydrogen (secondary N) is 1. The topological polar surface area (TPSA) is 63.8 Å². The highest BCUT2D eigenvalue weighted by molar-refractivity contribution is 5.27. The minimum Gasteiger partial charge on any atom is -0.340 e. The average Bonchev–Trinajstić information content (AvgIpc) is 2.99. The molecule has 2 heterocycles. The molecular formula is C12H14N4O. The Hall–Kier alpha value is -1.75. The number of fused-ring (bicyclic) bond motifs is 1. The lowest BCUT2D eigenvalue weighted by molar-refractivity contribution is 0.371. The SMILES string of the molecule is c1cnc2c(c1)CCC2NCCc1ncno1. The second-order valence-electron chi connectivity index (χ2n) is 4.18. The highest BCUT2D eigenvalue weighted by Gasteiger charge is 2.22. The molecule has 1 atom stereocenters. The summed E-state index contributed by atoms with van der Waals surface area (Å²) in [7, 11) is 0. The molecule has 1 unspecified atom stereocenters. The van der Waals surface area contributed by atoms with Gasteiger partial charge in [-0.1, -0.05) is 11.2 Å². The molecule has 0 spiro atoms. The lowest BCUT2D eigenvalue weighted by atomic mass is 10.2. The Morgan fingerprint density at radius 2 is 2.41 bits per heavy atom. The highest BCUT2D eigenvalue weighted by Crippen LogP contribution is 2.28. The summed E-state index contributed by atoms with van der Waals surface area (Å²) >= 11 is 0.